The van der Waals surface area contributed by atoms with Gasteiger partial charge in [0.25, 0.3) is 0 Å². The minimum absolute atomic E-state index is 0.0330. The fourth-order valence-corrected chi connectivity index (χ4v) is 3.54. The lowest BCUT2D eigenvalue weighted by Crippen LogP contribution is -2.49. The second-order valence-electron chi connectivity index (χ2n) is 8.22. The number of anilines is 1. The van der Waals surface area contributed by atoms with Crippen LogP contribution in [0.15, 0.2) is 24.4 Å². The Labute approximate surface area is 155 Å². The van der Waals surface area contributed by atoms with Crippen LogP contribution in [0.5, 0.6) is 0 Å². The highest BCUT2D eigenvalue weighted by Gasteiger charge is 2.27. The highest BCUT2D eigenvalue weighted by molar-refractivity contribution is 5.77. The maximum atomic E-state index is 12.5. The SMILES string of the molecule is Cc1nn(-c2ccccn2)c(C)c1N1CCN(C(=O)CC(C)(C)C)CC1. The quantitative estimate of drug-likeness (QED) is 0.849. The van der Waals surface area contributed by atoms with E-state index in [0.29, 0.717) is 6.42 Å². The van der Waals surface area contributed by atoms with Crippen LogP contribution in [0.25, 0.3) is 5.82 Å². The van der Waals surface area contributed by atoms with Gasteiger partial charge >= 0.3 is 0 Å². The standard InChI is InChI=1S/C20H29N5O/c1-15-19(16(2)25(22-15)17-8-6-7-9-21-17)24-12-10-23(11-13-24)18(26)14-20(3,4)5/h6-9H,10-14H2,1-5H3. The molecule has 1 aliphatic heterocycles. The van der Waals surface area contributed by atoms with Crippen molar-refractivity contribution >= 4 is 11.6 Å². The lowest BCUT2D eigenvalue weighted by molar-refractivity contribution is -0.133. The number of nitrogens with zero attached hydrogens (tertiary/aromatic N) is 5. The number of pyridine rings is 1. The van der Waals surface area contributed by atoms with Gasteiger partial charge in [0.15, 0.2) is 5.82 Å². The zero-order chi connectivity index (χ0) is 18.9. The van der Waals surface area contributed by atoms with Crippen molar-refractivity contribution in [2.45, 2.75) is 41.0 Å². The molecule has 26 heavy (non-hydrogen) atoms. The van der Waals surface area contributed by atoms with Gasteiger partial charge < -0.3 is 9.80 Å². The Balaban J connectivity index is 1.72. The van der Waals surface area contributed by atoms with Gasteiger partial charge in [-0.1, -0.05) is 26.8 Å². The number of carbonyl (C=O) groups is 1. The molecule has 2 aromatic rings. The molecule has 0 spiro atoms. The summed E-state index contributed by atoms with van der Waals surface area (Å²) >= 11 is 0. The topological polar surface area (TPSA) is 54.3 Å². The number of rotatable bonds is 3. The van der Waals surface area contributed by atoms with Gasteiger partial charge in [0.05, 0.1) is 17.1 Å². The van der Waals surface area contributed by atoms with Crippen molar-refractivity contribution in [1.29, 1.82) is 0 Å². The molecule has 0 radical (unpaired) electrons. The van der Waals surface area contributed by atoms with Gasteiger partial charge in [-0.25, -0.2) is 9.67 Å². The van der Waals surface area contributed by atoms with E-state index >= 15 is 0 Å². The van der Waals surface area contributed by atoms with Crippen LogP contribution < -0.4 is 4.90 Å². The van der Waals surface area contributed by atoms with Gasteiger partial charge in [0.2, 0.25) is 5.91 Å². The average molecular weight is 355 g/mol. The fraction of sp³-hybridized carbons (Fsp3) is 0.550. The largest absolute Gasteiger partial charge is 0.365 e. The van der Waals surface area contributed by atoms with Crippen molar-refractivity contribution in [2.24, 2.45) is 5.41 Å². The summed E-state index contributed by atoms with van der Waals surface area (Å²) in [5.74, 6) is 1.09. The van der Waals surface area contributed by atoms with E-state index in [1.165, 1.54) is 5.69 Å². The molecule has 2 aromatic heterocycles. The van der Waals surface area contributed by atoms with Crippen LogP contribution in [0.2, 0.25) is 0 Å². The summed E-state index contributed by atoms with van der Waals surface area (Å²) in [6.45, 7) is 13.7. The summed E-state index contributed by atoms with van der Waals surface area (Å²) in [5.41, 5.74) is 3.29. The molecule has 1 aliphatic rings. The molecule has 0 bridgehead atoms. The van der Waals surface area contributed by atoms with E-state index in [4.69, 9.17) is 5.10 Å². The van der Waals surface area contributed by atoms with Crippen molar-refractivity contribution in [1.82, 2.24) is 19.7 Å². The van der Waals surface area contributed by atoms with Crippen molar-refractivity contribution in [3.63, 3.8) is 0 Å². The molecule has 0 saturated carbocycles. The molecule has 0 atom stereocenters. The number of hydrogen-bond acceptors (Lipinski definition) is 4. The maximum absolute atomic E-state index is 12.5. The molecule has 0 aromatic carbocycles. The Kier molecular flexibility index (Phi) is 5.03. The molecule has 1 saturated heterocycles. The number of aromatic nitrogens is 3. The molecule has 140 valence electrons. The van der Waals surface area contributed by atoms with Gasteiger partial charge in [0, 0.05) is 38.8 Å². The fourth-order valence-electron chi connectivity index (χ4n) is 3.54. The first kappa shape index (κ1) is 18.4. The third kappa shape index (κ3) is 3.89. The molecule has 0 unspecified atom stereocenters. The third-order valence-corrected chi connectivity index (χ3v) is 4.75. The average Bonchev–Trinajstić information content (AvgIpc) is 2.89. The van der Waals surface area contributed by atoms with Crippen LogP contribution in [0.4, 0.5) is 5.69 Å². The summed E-state index contributed by atoms with van der Waals surface area (Å²) in [4.78, 5) is 21.2. The van der Waals surface area contributed by atoms with E-state index in [1.54, 1.807) is 6.20 Å². The van der Waals surface area contributed by atoms with E-state index in [-0.39, 0.29) is 11.3 Å². The Morgan fingerprint density at radius 3 is 2.38 bits per heavy atom. The first-order valence-electron chi connectivity index (χ1n) is 9.26. The van der Waals surface area contributed by atoms with Crippen molar-refractivity contribution in [3.8, 4) is 5.82 Å². The number of carbonyl (C=O) groups excluding carboxylic acids is 1. The number of aryl methyl sites for hydroxylation is 1. The summed E-state index contributed by atoms with van der Waals surface area (Å²) in [7, 11) is 0. The summed E-state index contributed by atoms with van der Waals surface area (Å²) in [6.07, 6.45) is 2.38. The molecule has 1 fully saturated rings. The van der Waals surface area contributed by atoms with E-state index in [9.17, 15) is 4.79 Å². The van der Waals surface area contributed by atoms with E-state index < -0.39 is 0 Å². The van der Waals surface area contributed by atoms with Crippen LogP contribution in [0, 0.1) is 19.3 Å². The summed E-state index contributed by atoms with van der Waals surface area (Å²) in [6, 6.07) is 5.84. The second kappa shape index (κ2) is 7.09. The Morgan fingerprint density at radius 1 is 1.12 bits per heavy atom. The molecular formula is C20H29N5O. The van der Waals surface area contributed by atoms with Crippen LogP contribution in [-0.2, 0) is 4.79 Å². The first-order chi connectivity index (χ1) is 12.3. The predicted octanol–water partition coefficient (Wildman–Crippen LogP) is 2.97. The van der Waals surface area contributed by atoms with E-state index in [0.717, 1.165) is 43.4 Å². The summed E-state index contributed by atoms with van der Waals surface area (Å²) in [5, 5.41) is 4.69. The summed E-state index contributed by atoms with van der Waals surface area (Å²) < 4.78 is 1.90. The van der Waals surface area contributed by atoms with E-state index in [1.807, 2.05) is 34.7 Å². The van der Waals surface area contributed by atoms with Crippen LogP contribution >= 0.6 is 0 Å². The number of piperazine rings is 1. The second-order valence-corrected chi connectivity index (χ2v) is 8.22. The van der Waals surface area contributed by atoms with Gasteiger partial charge in [0.1, 0.15) is 0 Å². The molecule has 0 N–H and O–H groups in total. The normalized spacial score (nSPS) is 15.4. The Hall–Kier alpha value is -2.37. The number of amides is 1. The first-order valence-corrected chi connectivity index (χ1v) is 9.26. The minimum Gasteiger partial charge on any atom is -0.365 e. The third-order valence-electron chi connectivity index (χ3n) is 4.75. The molecular weight excluding hydrogens is 326 g/mol. The molecule has 6 nitrogen and oxygen atoms in total. The van der Waals surface area contributed by atoms with E-state index in [2.05, 4.69) is 37.6 Å². The lowest BCUT2D eigenvalue weighted by Gasteiger charge is -2.37. The smallest absolute Gasteiger partial charge is 0.223 e. The minimum atomic E-state index is 0.0330. The van der Waals surface area contributed by atoms with Crippen LogP contribution in [0.1, 0.15) is 38.6 Å². The highest BCUT2D eigenvalue weighted by atomic mass is 16.2. The zero-order valence-corrected chi connectivity index (χ0v) is 16.5. The Morgan fingerprint density at radius 2 is 1.81 bits per heavy atom. The van der Waals surface area contributed by atoms with Crippen LogP contribution in [0.3, 0.4) is 0 Å². The highest BCUT2D eigenvalue weighted by Crippen LogP contribution is 2.28. The van der Waals surface area contributed by atoms with Crippen molar-refractivity contribution in [2.75, 3.05) is 31.1 Å². The molecule has 0 aliphatic carbocycles. The predicted molar refractivity (Wildman–Crippen MR) is 104 cm³/mol. The van der Waals surface area contributed by atoms with Gasteiger partial charge in [-0.05, 0) is 31.4 Å². The van der Waals surface area contributed by atoms with Gasteiger partial charge in [-0.2, -0.15) is 5.10 Å². The van der Waals surface area contributed by atoms with Gasteiger partial charge in [-0.3, -0.25) is 4.79 Å². The molecule has 1 amide bonds. The monoisotopic (exact) mass is 355 g/mol. The maximum Gasteiger partial charge on any atom is 0.223 e. The van der Waals surface area contributed by atoms with Crippen molar-refractivity contribution < 1.29 is 4.79 Å². The Bertz CT molecular complexity index is 767. The molecule has 3 rings (SSSR count). The number of hydrogen-bond donors (Lipinski definition) is 0. The van der Waals surface area contributed by atoms with Crippen molar-refractivity contribution in [3.05, 3.63) is 35.8 Å². The lowest BCUT2D eigenvalue weighted by atomic mass is 9.91. The van der Waals surface area contributed by atoms with Gasteiger partial charge in [-0.15, -0.1) is 0 Å². The zero-order valence-electron chi connectivity index (χ0n) is 16.5. The molecule has 6 heteroatoms. The molecule has 3 heterocycles. The van der Waals surface area contributed by atoms with Crippen LogP contribution in [-0.4, -0.2) is 51.8 Å².